The Labute approximate surface area is 117 Å². The number of rotatable bonds is 5. The van der Waals surface area contributed by atoms with Crippen LogP contribution in [0.4, 0.5) is 4.79 Å². The summed E-state index contributed by atoms with van der Waals surface area (Å²) in [6.07, 6.45) is 0.643. The third-order valence-corrected chi connectivity index (χ3v) is 3.40. The molecule has 0 aromatic carbocycles. The lowest BCUT2D eigenvalue weighted by Crippen LogP contribution is -2.52. The van der Waals surface area contributed by atoms with Crippen LogP contribution < -0.4 is 5.32 Å². The molecule has 7 heteroatoms. The predicted molar refractivity (Wildman–Crippen MR) is 71.3 cm³/mol. The monoisotopic (exact) mass is 286 g/mol. The Balaban J connectivity index is 2.56. The van der Waals surface area contributed by atoms with Crippen LogP contribution in [-0.4, -0.2) is 52.2 Å². The third kappa shape index (κ3) is 5.07. The Bertz CT molecular complexity index is 375. The van der Waals surface area contributed by atoms with Crippen molar-refractivity contribution in [1.82, 2.24) is 10.2 Å². The average molecular weight is 286 g/mol. The molecule has 20 heavy (non-hydrogen) atoms. The van der Waals surface area contributed by atoms with Gasteiger partial charge in [-0.2, -0.15) is 0 Å². The summed E-state index contributed by atoms with van der Waals surface area (Å²) in [4.78, 5) is 35.2. The molecule has 2 amide bonds. The van der Waals surface area contributed by atoms with Gasteiger partial charge in [0.05, 0.1) is 0 Å². The van der Waals surface area contributed by atoms with Gasteiger partial charge in [0, 0.05) is 19.5 Å². The fourth-order valence-electron chi connectivity index (χ4n) is 2.59. The second kappa shape index (κ2) is 7.12. The molecule has 0 radical (unpaired) electrons. The molecule has 1 fully saturated rings. The van der Waals surface area contributed by atoms with Gasteiger partial charge < -0.3 is 20.4 Å². The van der Waals surface area contributed by atoms with Crippen LogP contribution >= 0.6 is 0 Å². The van der Waals surface area contributed by atoms with E-state index in [1.807, 2.05) is 0 Å². The molecular formula is C13H22N2O5. The zero-order chi connectivity index (χ0) is 15.3. The second-order valence-electron chi connectivity index (χ2n) is 5.62. The molecule has 114 valence electrons. The first-order valence-electron chi connectivity index (χ1n) is 6.79. The van der Waals surface area contributed by atoms with E-state index in [9.17, 15) is 14.4 Å². The molecule has 0 bridgehead atoms. The predicted octanol–water partition coefficient (Wildman–Crippen LogP) is 0.992. The molecule has 0 saturated carbocycles. The Morgan fingerprint density at radius 2 is 1.75 bits per heavy atom. The molecule has 3 atom stereocenters. The van der Waals surface area contributed by atoms with Crippen molar-refractivity contribution in [1.29, 1.82) is 0 Å². The van der Waals surface area contributed by atoms with Crippen molar-refractivity contribution in [2.45, 2.75) is 39.2 Å². The van der Waals surface area contributed by atoms with Crippen molar-refractivity contribution in [3.63, 3.8) is 0 Å². The molecule has 0 aromatic heterocycles. The number of carboxylic acids is 2. The largest absolute Gasteiger partial charge is 0.481 e. The first kappa shape index (κ1) is 16.3. The van der Waals surface area contributed by atoms with Crippen LogP contribution in [0.25, 0.3) is 0 Å². The quantitative estimate of drug-likeness (QED) is 0.698. The highest BCUT2D eigenvalue weighted by atomic mass is 16.4. The van der Waals surface area contributed by atoms with Crippen LogP contribution in [0, 0.1) is 11.8 Å². The first-order chi connectivity index (χ1) is 9.29. The SMILES string of the molecule is CC1CC(C)CN(C(=O)N[C@@H](CCC(=O)O)C(=O)O)C1. The zero-order valence-corrected chi connectivity index (χ0v) is 11.8. The van der Waals surface area contributed by atoms with E-state index in [-0.39, 0.29) is 12.8 Å². The number of piperidine rings is 1. The maximum Gasteiger partial charge on any atom is 0.326 e. The van der Waals surface area contributed by atoms with Gasteiger partial charge in [-0.1, -0.05) is 13.8 Å². The number of carbonyl (C=O) groups is 3. The van der Waals surface area contributed by atoms with Gasteiger partial charge in [-0.3, -0.25) is 4.79 Å². The summed E-state index contributed by atoms with van der Waals surface area (Å²) in [7, 11) is 0. The Morgan fingerprint density at radius 3 is 2.20 bits per heavy atom. The highest BCUT2D eigenvalue weighted by Gasteiger charge is 2.28. The van der Waals surface area contributed by atoms with Crippen molar-refractivity contribution in [2.75, 3.05) is 13.1 Å². The maximum atomic E-state index is 12.1. The van der Waals surface area contributed by atoms with Crippen molar-refractivity contribution >= 4 is 18.0 Å². The van der Waals surface area contributed by atoms with Crippen molar-refractivity contribution in [3.05, 3.63) is 0 Å². The van der Waals surface area contributed by atoms with E-state index in [1.165, 1.54) is 0 Å². The first-order valence-corrected chi connectivity index (χ1v) is 6.79. The fraction of sp³-hybridized carbons (Fsp3) is 0.769. The number of likely N-dealkylation sites (tertiary alicyclic amines) is 1. The molecule has 1 heterocycles. The number of hydrogen-bond acceptors (Lipinski definition) is 3. The van der Waals surface area contributed by atoms with E-state index in [4.69, 9.17) is 10.2 Å². The number of carbonyl (C=O) groups excluding carboxylic acids is 1. The molecule has 2 unspecified atom stereocenters. The van der Waals surface area contributed by atoms with Gasteiger partial charge in [0.1, 0.15) is 6.04 Å². The van der Waals surface area contributed by atoms with E-state index in [0.717, 1.165) is 6.42 Å². The van der Waals surface area contributed by atoms with Gasteiger partial charge in [0.15, 0.2) is 0 Å². The van der Waals surface area contributed by atoms with E-state index >= 15 is 0 Å². The molecule has 1 saturated heterocycles. The van der Waals surface area contributed by atoms with Crippen LogP contribution in [0.1, 0.15) is 33.1 Å². The molecule has 1 rings (SSSR count). The normalized spacial score (nSPS) is 24.0. The minimum absolute atomic E-state index is 0.116. The van der Waals surface area contributed by atoms with E-state index in [0.29, 0.717) is 24.9 Å². The van der Waals surface area contributed by atoms with Gasteiger partial charge in [-0.25, -0.2) is 9.59 Å². The third-order valence-electron chi connectivity index (χ3n) is 3.40. The average Bonchev–Trinajstić information content (AvgIpc) is 2.32. The molecule has 7 nitrogen and oxygen atoms in total. The molecule has 1 aliphatic heterocycles. The number of urea groups is 1. The number of amides is 2. The second-order valence-corrected chi connectivity index (χ2v) is 5.62. The Hall–Kier alpha value is -1.79. The molecule has 0 aliphatic carbocycles. The summed E-state index contributed by atoms with van der Waals surface area (Å²) in [6.45, 7) is 5.30. The number of carboxylic acid groups (broad SMARTS) is 2. The highest BCUT2D eigenvalue weighted by Crippen LogP contribution is 2.20. The topological polar surface area (TPSA) is 107 Å². The van der Waals surface area contributed by atoms with Crippen LogP contribution in [0.5, 0.6) is 0 Å². The van der Waals surface area contributed by atoms with Crippen molar-refractivity contribution in [2.24, 2.45) is 11.8 Å². The lowest BCUT2D eigenvalue weighted by Gasteiger charge is -2.35. The van der Waals surface area contributed by atoms with Gasteiger partial charge in [0.2, 0.25) is 0 Å². The highest BCUT2D eigenvalue weighted by molar-refractivity contribution is 5.83. The van der Waals surface area contributed by atoms with Crippen LogP contribution in [0.15, 0.2) is 0 Å². The summed E-state index contributed by atoms with van der Waals surface area (Å²) in [5.41, 5.74) is 0. The molecule has 1 aliphatic rings. The molecular weight excluding hydrogens is 264 g/mol. The summed E-state index contributed by atoms with van der Waals surface area (Å²) < 4.78 is 0. The van der Waals surface area contributed by atoms with Crippen LogP contribution in [0.2, 0.25) is 0 Å². The van der Waals surface area contributed by atoms with E-state index < -0.39 is 24.0 Å². The van der Waals surface area contributed by atoms with Crippen molar-refractivity contribution < 1.29 is 24.6 Å². The lowest BCUT2D eigenvalue weighted by molar-refractivity contribution is -0.140. The fourth-order valence-corrected chi connectivity index (χ4v) is 2.59. The van der Waals surface area contributed by atoms with Crippen LogP contribution in [0.3, 0.4) is 0 Å². The number of nitrogens with one attached hydrogen (secondary N) is 1. The van der Waals surface area contributed by atoms with Crippen molar-refractivity contribution in [3.8, 4) is 0 Å². The Kier molecular flexibility index (Phi) is 5.79. The summed E-state index contributed by atoms with van der Waals surface area (Å²) in [6, 6.07) is -1.59. The number of aliphatic carboxylic acids is 2. The van der Waals surface area contributed by atoms with E-state index in [1.54, 1.807) is 4.90 Å². The number of nitrogens with zero attached hydrogens (tertiary/aromatic N) is 1. The van der Waals surface area contributed by atoms with Gasteiger partial charge in [-0.15, -0.1) is 0 Å². The maximum absolute atomic E-state index is 12.1. The summed E-state index contributed by atoms with van der Waals surface area (Å²) >= 11 is 0. The zero-order valence-electron chi connectivity index (χ0n) is 11.8. The van der Waals surface area contributed by atoms with Gasteiger partial charge in [-0.05, 0) is 24.7 Å². The van der Waals surface area contributed by atoms with E-state index in [2.05, 4.69) is 19.2 Å². The number of hydrogen-bond donors (Lipinski definition) is 3. The summed E-state index contributed by atoms with van der Waals surface area (Å²) in [5, 5.41) is 20.0. The smallest absolute Gasteiger partial charge is 0.326 e. The van der Waals surface area contributed by atoms with Crippen LogP contribution in [-0.2, 0) is 9.59 Å². The molecule has 0 spiro atoms. The molecule has 0 aromatic rings. The molecule has 3 N–H and O–H groups in total. The minimum atomic E-state index is -1.21. The van der Waals surface area contributed by atoms with Gasteiger partial charge >= 0.3 is 18.0 Å². The summed E-state index contributed by atoms with van der Waals surface area (Å²) in [5.74, 6) is -1.53. The van der Waals surface area contributed by atoms with Gasteiger partial charge in [0.25, 0.3) is 0 Å². The minimum Gasteiger partial charge on any atom is -0.481 e. The standard InChI is InChI=1S/C13H22N2O5/c1-8-5-9(2)7-15(6-8)13(20)14-10(12(18)19)3-4-11(16)17/h8-10H,3-7H2,1-2H3,(H,14,20)(H,16,17)(H,18,19)/t8?,9?,10-/m0/s1. The lowest BCUT2D eigenvalue weighted by atomic mass is 9.92. The Morgan fingerprint density at radius 1 is 1.20 bits per heavy atom.